The number of aromatic nitrogens is 2. The average Bonchev–Trinajstić information content (AvgIpc) is 2.75. The summed E-state index contributed by atoms with van der Waals surface area (Å²) in [5.74, 6) is 0.704. The molecule has 98 valence electrons. The van der Waals surface area contributed by atoms with E-state index in [1.165, 1.54) is 11.3 Å². The Bertz CT molecular complexity index is 585. The van der Waals surface area contributed by atoms with E-state index in [2.05, 4.69) is 36.1 Å². The fourth-order valence-electron chi connectivity index (χ4n) is 2.04. The van der Waals surface area contributed by atoms with E-state index < -0.39 is 0 Å². The molecule has 0 aliphatic heterocycles. The van der Waals surface area contributed by atoms with Crippen LogP contribution in [0, 0.1) is 0 Å². The van der Waals surface area contributed by atoms with E-state index in [4.69, 9.17) is 0 Å². The molecule has 0 spiro atoms. The second kappa shape index (κ2) is 5.20. The number of nitrogens with one attached hydrogen (secondary N) is 2. The molecule has 0 bridgehead atoms. The van der Waals surface area contributed by atoms with Crippen molar-refractivity contribution in [1.29, 1.82) is 0 Å². The molecule has 18 heavy (non-hydrogen) atoms. The summed E-state index contributed by atoms with van der Waals surface area (Å²) >= 11 is 1.43. The zero-order valence-electron chi connectivity index (χ0n) is 11.0. The lowest BCUT2D eigenvalue weighted by molar-refractivity contribution is 0.353. The monoisotopic (exact) mass is 265 g/mol. The number of rotatable bonds is 5. The van der Waals surface area contributed by atoms with Gasteiger partial charge in [-0.2, -0.15) is 0 Å². The van der Waals surface area contributed by atoms with Gasteiger partial charge in [0, 0.05) is 5.54 Å². The predicted molar refractivity (Wildman–Crippen MR) is 76.1 cm³/mol. The molecule has 2 aromatic heterocycles. The van der Waals surface area contributed by atoms with Gasteiger partial charge in [0.2, 0.25) is 0 Å². The van der Waals surface area contributed by atoms with E-state index in [9.17, 15) is 4.79 Å². The van der Waals surface area contributed by atoms with Gasteiger partial charge >= 0.3 is 0 Å². The highest BCUT2D eigenvalue weighted by Gasteiger charge is 2.16. The summed E-state index contributed by atoms with van der Waals surface area (Å²) in [6, 6.07) is 1.88. The Labute approximate surface area is 110 Å². The first-order valence-electron chi connectivity index (χ1n) is 6.23. The van der Waals surface area contributed by atoms with Gasteiger partial charge in [-0.15, -0.1) is 11.3 Å². The maximum absolute atomic E-state index is 11.8. The Balaban J connectivity index is 2.15. The fourth-order valence-corrected chi connectivity index (χ4v) is 2.77. The minimum absolute atomic E-state index is 0.0416. The van der Waals surface area contributed by atoms with E-state index in [0.29, 0.717) is 17.1 Å². The summed E-state index contributed by atoms with van der Waals surface area (Å²) in [7, 11) is 0. The van der Waals surface area contributed by atoms with Crippen molar-refractivity contribution in [2.45, 2.75) is 45.7 Å². The smallest absolute Gasteiger partial charge is 0.268 e. The van der Waals surface area contributed by atoms with Gasteiger partial charge in [0.15, 0.2) is 0 Å². The zero-order chi connectivity index (χ0) is 13.2. The Morgan fingerprint density at radius 2 is 2.28 bits per heavy atom. The van der Waals surface area contributed by atoms with Gasteiger partial charge in [-0.1, -0.05) is 13.3 Å². The third-order valence-electron chi connectivity index (χ3n) is 2.97. The van der Waals surface area contributed by atoms with Crippen LogP contribution in [0.4, 0.5) is 0 Å². The van der Waals surface area contributed by atoms with Crippen molar-refractivity contribution in [3.63, 3.8) is 0 Å². The molecule has 0 radical (unpaired) electrons. The summed E-state index contributed by atoms with van der Waals surface area (Å²) < 4.78 is 0.701. The van der Waals surface area contributed by atoms with Crippen LogP contribution in [0.15, 0.2) is 16.2 Å². The summed E-state index contributed by atoms with van der Waals surface area (Å²) in [6.45, 7) is 7.09. The van der Waals surface area contributed by atoms with Crippen LogP contribution >= 0.6 is 11.3 Å². The minimum atomic E-state index is -0.0416. The third-order valence-corrected chi connectivity index (χ3v) is 3.88. The molecule has 0 atom stereocenters. The van der Waals surface area contributed by atoms with Gasteiger partial charge in [0.05, 0.1) is 12.1 Å². The first kappa shape index (κ1) is 13.2. The van der Waals surface area contributed by atoms with Crippen molar-refractivity contribution in [2.75, 3.05) is 0 Å². The summed E-state index contributed by atoms with van der Waals surface area (Å²) in [5, 5.41) is 5.33. The van der Waals surface area contributed by atoms with Crippen LogP contribution in [0.1, 0.15) is 39.4 Å². The molecule has 2 heterocycles. The SMILES string of the molecule is CCCC(C)(C)NCc1nc2ccsc2c(=O)[nH]1. The Morgan fingerprint density at radius 1 is 1.50 bits per heavy atom. The number of hydrogen-bond acceptors (Lipinski definition) is 4. The lowest BCUT2D eigenvalue weighted by atomic mass is 9.99. The highest BCUT2D eigenvalue weighted by atomic mass is 32.1. The van der Waals surface area contributed by atoms with Crippen LogP contribution in [0.2, 0.25) is 0 Å². The number of nitrogens with zero attached hydrogens (tertiary/aromatic N) is 1. The maximum atomic E-state index is 11.8. The molecule has 0 fully saturated rings. The average molecular weight is 265 g/mol. The number of fused-ring (bicyclic) bond motifs is 1. The molecular formula is C13H19N3OS. The number of thiophene rings is 1. The summed E-state index contributed by atoms with van der Waals surface area (Å²) in [6.07, 6.45) is 2.23. The van der Waals surface area contributed by atoms with Gasteiger partial charge in [0.1, 0.15) is 10.5 Å². The van der Waals surface area contributed by atoms with Gasteiger partial charge in [-0.3, -0.25) is 4.79 Å². The van der Waals surface area contributed by atoms with E-state index in [-0.39, 0.29) is 11.1 Å². The third kappa shape index (κ3) is 2.97. The first-order chi connectivity index (χ1) is 8.52. The number of H-pyrrole nitrogens is 1. The van der Waals surface area contributed by atoms with Crippen LogP contribution in [0.3, 0.4) is 0 Å². The number of hydrogen-bond donors (Lipinski definition) is 2. The van der Waals surface area contributed by atoms with Gasteiger partial charge in [-0.25, -0.2) is 4.98 Å². The van der Waals surface area contributed by atoms with Crippen LogP contribution in [-0.2, 0) is 6.54 Å². The number of aromatic amines is 1. The van der Waals surface area contributed by atoms with E-state index in [1.54, 1.807) is 0 Å². The fraction of sp³-hybridized carbons (Fsp3) is 0.538. The molecule has 2 rings (SSSR count). The normalized spacial score (nSPS) is 12.2. The van der Waals surface area contributed by atoms with Crippen LogP contribution < -0.4 is 10.9 Å². The van der Waals surface area contributed by atoms with E-state index in [1.807, 2.05) is 11.4 Å². The highest BCUT2D eigenvalue weighted by Crippen LogP contribution is 2.14. The zero-order valence-corrected chi connectivity index (χ0v) is 11.9. The van der Waals surface area contributed by atoms with Crippen LogP contribution in [0.25, 0.3) is 10.2 Å². The predicted octanol–water partition coefficient (Wildman–Crippen LogP) is 2.65. The lowest BCUT2D eigenvalue weighted by Crippen LogP contribution is -2.39. The van der Waals surface area contributed by atoms with Crippen LogP contribution in [0.5, 0.6) is 0 Å². The molecule has 0 saturated heterocycles. The van der Waals surface area contributed by atoms with E-state index in [0.717, 1.165) is 18.4 Å². The molecule has 0 unspecified atom stereocenters. The quantitative estimate of drug-likeness (QED) is 0.873. The molecule has 0 aromatic carbocycles. The second-order valence-electron chi connectivity index (χ2n) is 5.14. The molecule has 4 nitrogen and oxygen atoms in total. The van der Waals surface area contributed by atoms with Gasteiger partial charge < -0.3 is 10.3 Å². The second-order valence-corrected chi connectivity index (χ2v) is 6.05. The van der Waals surface area contributed by atoms with Gasteiger partial charge in [0.25, 0.3) is 5.56 Å². The Morgan fingerprint density at radius 3 is 3.00 bits per heavy atom. The molecule has 0 aliphatic rings. The van der Waals surface area contributed by atoms with E-state index >= 15 is 0 Å². The molecule has 2 N–H and O–H groups in total. The topological polar surface area (TPSA) is 57.8 Å². The molecule has 2 aromatic rings. The molecule has 5 heteroatoms. The van der Waals surface area contributed by atoms with Crippen molar-refractivity contribution in [1.82, 2.24) is 15.3 Å². The van der Waals surface area contributed by atoms with Crippen molar-refractivity contribution >= 4 is 21.6 Å². The highest BCUT2D eigenvalue weighted by molar-refractivity contribution is 7.17. The van der Waals surface area contributed by atoms with Crippen molar-refractivity contribution < 1.29 is 0 Å². The summed E-state index contributed by atoms with van der Waals surface area (Å²) in [4.78, 5) is 19.1. The van der Waals surface area contributed by atoms with Gasteiger partial charge in [-0.05, 0) is 31.7 Å². The molecular weight excluding hydrogens is 246 g/mol. The molecule has 0 aliphatic carbocycles. The van der Waals surface area contributed by atoms with Crippen LogP contribution in [-0.4, -0.2) is 15.5 Å². The maximum Gasteiger partial charge on any atom is 0.268 e. The van der Waals surface area contributed by atoms with Crippen molar-refractivity contribution in [3.05, 3.63) is 27.6 Å². The lowest BCUT2D eigenvalue weighted by Gasteiger charge is -2.25. The largest absolute Gasteiger partial charge is 0.308 e. The molecule has 0 saturated carbocycles. The standard InChI is InChI=1S/C13H19N3OS/c1-4-6-13(2,3)14-8-10-15-9-5-7-18-11(9)12(17)16-10/h5,7,14H,4,6,8H2,1-3H3,(H,15,16,17). The van der Waals surface area contributed by atoms with Crippen molar-refractivity contribution in [2.24, 2.45) is 0 Å². The minimum Gasteiger partial charge on any atom is -0.308 e. The summed E-state index contributed by atoms with van der Waals surface area (Å²) in [5.41, 5.74) is 0.811. The Kier molecular flexibility index (Phi) is 3.82. The Hall–Kier alpha value is -1.20. The first-order valence-corrected chi connectivity index (χ1v) is 7.11. The molecule has 0 amide bonds. The van der Waals surface area contributed by atoms with Crippen molar-refractivity contribution in [3.8, 4) is 0 Å².